The fourth-order valence-corrected chi connectivity index (χ4v) is 1.55. The van der Waals surface area contributed by atoms with E-state index < -0.39 is 0 Å². The standard InChI is InChI=1S/C13H13N5O/c1-8-12(18-15)16-9(2)17-13(8)19-11-5-3-10(7-14)4-6-11/h3-6H,15H2,1-2H3,(H,16,17,18). The maximum absolute atomic E-state index is 8.73. The van der Waals surface area contributed by atoms with Gasteiger partial charge in [-0.05, 0) is 38.1 Å². The number of nitriles is 1. The van der Waals surface area contributed by atoms with Crippen LogP contribution in [0.4, 0.5) is 5.82 Å². The Balaban J connectivity index is 2.32. The van der Waals surface area contributed by atoms with Gasteiger partial charge in [-0.15, -0.1) is 0 Å². The van der Waals surface area contributed by atoms with E-state index in [-0.39, 0.29) is 0 Å². The normalized spacial score (nSPS) is 9.79. The molecule has 0 atom stereocenters. The quantitative estimate of drug-likeness (QED) is 0.643. The molecule has 0 aliphatic carbocycles. The van der Waals surface area contributed by atoms with E-state index in [9.17, 15) is 0 Å². The maximum atomic E-state index is 8.73. The minimum absolute atomic E-state index is 0.435. The summed E-state index contributed by atoms with van der Waals surface area (Å²) in [5, 5.41) is 8.73. The Morgan fingerprint density at radius 2 is 1.89 bits per heavy atom. The van der Waals surface area contributed by atoms with Gasteiger partial charge in [0.2, 0.25) is 5.88 Å². The van der Waals surface area contributed by atoms with Crippen LogP contribution in [-0.4, -0.2) is 9.97 Å². The number of anilines is 1. The molecule has 0 aliphatic heterocycles. The fourth-order valence-electron chi connectivity index (χ4n) is 1.55. The molecule has 96 valence electrons. The Bertz CT molecular complexity index is 631. The summed E-state index contributed by atoms with van der Waals surface area (Å²) >= 11 is 0. The lowest BCUT2D eigenvalue weighted by atomic mass is 10.2. The van der Waals surface area contributed by atoms with Gasteiger partial charge in [0, 0.05) is 0 Å². The molecule has 2 rings (SSSR count). The first-order chi connectivity index (χ1) is 9.13. The molecule has 0 radical (unpaired) electrons. The van der Waals surface area contributed by atoms with Crippen LogP contribution in [0.2, 0.25) is 0 Å². The Hall–Kier alpha value is -2.65. The van der Waals surface area contributed by atoms with Gasteiger partial charge in [0.1, 0.15) is 17.4 Å². The van der Waals surface area contributed by atoms with E-state index in [1.807, 2.05) is 13.0 Å². The first-order valence-corrected chi connectivity index (χ1v) is 5.64. The van der Waals surface area contributed by atoms with Gasteiger partial charge in [0.25, 0.3) is 0 Å². The number of aromatic nitrogens is 2. The third-order valence-corrected chi connectivity index (χ3v) is 2.55. The molecule has 6 nitrogen and oxygen atoms in total. The summed E-state index contributed by atoms with van der Waals surface area (Å²) in [5.41, 5.74) is 3.80. The molecule has 2 aromatic rings. The molecule has 0 amide bonds. The Morgan fingerprint density at radius 3 is 2.47 bits per heavy atom. The molecule has 0 saturated carbocycles. The predicted octanol–water partition coefficient (Wildman–Crippen LogP) is 2.04. The van der Waals surface area contributed by atoms with Crippen LogP contribution < -0.4 is 16.0 Å². The third-order valence-electron chi connectivity index (χ3n) is 2.55. The van der Waals surface area contributed by atoms with Crippen molar-refractivity contribution < 1.29 is 4.74 Å². The lowest BCUT2D eigenvalue weighted by Crippen LogP contribution is -2.12. The number of benzene rings is 1. The highest BCUT2D eigenvalue weighted by atomic mass is 16.5. The molecule has 19 heavy (non-hydrogen) atoms. The zero-order valence-electron chi connectivity index (χ0n) is 10.6. The van der Waals surface area contributed by atoms with Gasteiger partial charge in [-0.1, -0.05) is 0 Å². The fraction of sp³-hybridized carbons (Fsp3) is 0.154. The highest BCUT2D eigenvalue weighted by Crippen LogP contribution is 2.26. The van der Waals surface area contributed by atoms with E-state index >= 15 is 0 Å². The van der Waals surface area contributed by atoms with Gasteiger partial charge in [-0.2, -0.15) is 10.2 Å². The van der Waals surface area contributed by atoms with E-state index in [0.717, 1.165) is 5.56 Å². The van der Waals surface area contributed by atoms with E-state index in [1.165, 1.54) is 0 Å². The van der Waals surface area contributed by atoms with E-state index in [4.69, 9.17) is 15.8 Å². The average molecular weight is 255 g/mol. The number of hydrogen-bond donors (Lipinski definition) is 2. The monoisotopic (exact) mass is 255 g/mol. The number of nitrogens with zero attached hydrogens (tertiary/aromatic N) is 3. The van der Waals surface area contributed by atoms with Crippen molar-refractivity contribution in [2.45, 2.75) is 13.8 Å². The zero-order valence-corrected chi connectivity index (χ0v) is 10.6. The largest absolute Gasteiger partial charge is 0.439 e. The lowest BCUT2D eigenvalue weighted by Gasteiger charge is -2.11. The van der Waals surface area contributed by atoms with Crippen LogP contribution in [-0.2, 0) is 0 Å². The molecule has 1 aromatic carbocycles. The number of nitrogens with two attached hydrogens (primary N) is 1. The van der Waals surface area contributed by atoms with Crippen molar-refractivity contribution in [2.75, 3.05) is 5.43 Å². The summed E-state index contributed by atoms with van der Waals surface area (Å²) in [5.74, 6) is 7.51. The minimum Gasteiger partial charge on any atom is -0.439 e. The summed E-state index contributed by atoms with van der Waals surface area (Å²) in [7, 11) is 0. The van der Waals surface area contributed by atoms with Crippen molar-refractivity contribution in [2.24, 2.45) is 5.84 Å². The van der Waals surface area contributed by atoms with Crippen LogP contribution in [0.5, 0.6) is 11.6 Å². The van der Waals surface area contributed by atoms with Crippen LogP contribution in [0.3, 0.4) is 0 Å². The van der Waals surface area contributed by atoms with E-state index in [1.54, 1.807) is 31.2 Å². The smallest absolute Gasteiger partial charge is 0.227 e. The van der Waals surface area contributed by atoms with Crippen molar-refractivity contribution in [3.05, 3.63) is 41.2 Å². The van der Waals surface area contributed by atoms with Gasteiger partial charge in [-0.25, -0.2) is 10.8 Å². The summed E-state index contributed by atoms with van der Waals surface area (Å²) < 4.78 is 5.68. The summed E-state index contributed by atoms with van der Waals surface area (Å²) in [6.07, 6.45) is 0. The minimum atomic E-state index is 0.435. The first-order valence-electron chi connectivity index (χ1n) is 5.64. The highest BCUT2D eigenvalue weighted by Gasteiger charge is 2.10. The molecule has 3 N–H and O–H groups in total. The first kappa shape index (κ1) is 12.8. The second kappa shape index (κ2) is 5.33. The van der Waals surface area contributed by atoms with Crippen LogP contribution in [0.15, 0.2) is 24.3 Å². The molecule has 6 heteroatoms. The van der Waals surface area contributed by atoms with Crippen molar-refractivity contribution in [1.82, 2.24) is 9.97 Å². The molecule has 0 aliphatic rings. The predicted molar refractivity (Wildman–Crippen MR) is 70.5 cm³/mol. The molecule has 0 fully saturated rings. The van der Waals surface area contributed by atoms with Gasteiger partial charge < -0.3 is 10.2 Å². The van der Waals surface area contributed by atoms with Gasteiger partial charge in [-0.3, -0.25) is 0 Å². The number of hydrazine groups is 1. The van der Waals surface area contributed by atoms with Gasteiger partial charge in [0.15, 0.2) is 0 Å². The number of ether oxygens (including phenoxy) is 1. The topological polar surface area (TPSA) is 96.9 Å². The number of aryl methyl sites for hydroxylation is 1. The van der Waals surface area contributed by atoms with Crippen molar-refractivity contribution in [3.63, 3.8) is 0 Å². The Morgan fingerprint density at radius 1 is 1.21 bits per heavy atom. The van der Waals surface area contributed by atoms with Gasteiger partial charge in [0.05, 0.1) is 17.2 Å². The molecular weight excluding hydrogens is 242 g/mol. The molecule has 0 spiro atoms. The Labute approximate surface area is 110 Å². The second-order valence-corrected chi connectivity index (χ2v) is 3.93. The van der Waals surface area contributed by atoms with E-state index in [0.29, 0.717) is 28.8 Å². The molecule has 0 unspecified atom stereocenters. The molecule has 1 heterocycles. The Kier molecular flexibility index (Phi) is 3.59. The number of nitrogen functional groups attached to an aromatic ring is 1. The highest BCUT2D eigenvalue weighted by molar-refractivity contribution is 5.49. The van der Waals surface area contributed by atoms with Crippen LogP contribution in [0.1, 0.15) is 17.0 Å². The van der Waals surface area contributed by atoms with E-state index in [2.05, 4.69) is 15.4 Å². The third kappa shape index (κ3) is 2.78. The van der Waals surface area contributed by atoms with Crippen molar-refractivity contribution >= 4 is 5.82 Å². The zero-order chi connectivity index (χ0) is 13.8. The molecule has 0 saturated heterocycles. The molecular formula is C13H13N5O. The molecule has 0 bridgehead atoms. The summed E-state index contributed by atoms with van der Waals surface area (Å²) in [6.45, 7) is 3.57. The van der Waals surface area contributed by atoms with Crippen LogP contribution in [0.25, 0.3) is 0 Å². The lowest BCUT2D eigenvalue weighted by molar-refractivity contribution is 0.456. The van der Waals surface area contributed by atoms with Crippen molar-refractivity contribution in [3.8, 4) is 17.7 Å². The number of rotatable bonds is 3. The van der Waals surface area contributed by atoms with Crippen molar-refractivity contribution in [1.29, 1.82) is 5.26 Å². The van der Waals surface area contributed by atoms with Gasteiger partial charge >= 0.3 is 0 Å². The SMILES string of the molecule is Cc1nc(NN)c(C)c(Oc2ccc(C#N)cc2)n1. The average Bonchev–Trinajstić information content (AvgIpc) is 2.43. The maximum Gasteiger partial charge on any atom is 0.227 e. The summed E-state index contributed by atoms with van der Waals surface area (Å²) in [6, 6.07) is 8.84. The number of nitrogens with one attached hydrogen (secondary N) is 1. The summed E-state index contributed by atoms with van der Waals surface area (Å²) in [4.78, 5) is 8.38. The molecule has 1 aromatic heterocycles. The van der Waals surface area contributed by atoms with Crippen LogP contribution >= 0.6 is 0 Å². The second-order valence-electron chi connectivity index (χ2n) is 3.93. The van der Waals surface area contributed by atoms with Crippen LogP contribution in [0, 0.1) is 25.2 Å². The number of hydrogen-bond acceptors (Lipinski definition) is 6.